The van der Waals surface area contributed by atoms with Gasteiger partial charge in [-0.2, -0.15) is 0 Å². The summed E-state index contributed by atoms with van der Waals surface area (Å²) < 4.78 is 4.96. The van der Waals surface area contributed by atoms with Crippen LogP contribution in [-0.2, 0) is 16.0 Å². The molecule has 5 nitrogen and oxygen atoms in total. The van der Waals surface area contributed by atoms with Gasteiger partial charge in [0.15, 0.2) is 0 Å². The normalized spacial score (nSPS) is 10.4. The molecule has 0 spiro atoms. The van der Waals surface area contributed by atoms with Gasteiger partial charge in [0.05, 0.1) is 13.2 Å². The third-order valence-electron chi connectivity index (χ3n) is 2.87. The Morgan fingerprint density at radius 2 is 2.21 bits per heavy atom. The number of hydrogen-bond donors (Lipinski definition) is 2. The van der Waals surface area contributed by atoms with Gasteiger partial charge in [0.2, 0.25) is 5.91 Å². The Kier molecular flexibility index (Phi) is 6.92. The molecule has 1 rings (SSSR count). The van der Waals surface area contributed by atoms with E-state index in [0.717, 1.165) is 5.56 Å². The highest BCUT2D eigenvalue weighted by molar-refractivity contribution is 5.76. The van der Waals surface area contributed by atoms with Gasteiger partial charge in [-0.15, -0.1) is 0 Å². The SMILES string of the molecule is COCCN(CCO)C(=O)CCc1cccc(N)c1. The molecule has 0 aliphatic carbocycles. The number of methoxy groups -OCH3 is 1. The van der Waals surface area contributed by atoms with Crippen LogP contribution in [0, 0.1) is 0 Å². The van der Waals surface area contributed by atoms with E-state index in [0.29, 0.717) is 38.2 Å². The van der Waals surface area contributed by atoms with Crippen molar-refractivity contribution in [2.24, 2.45) is 0 Å². The molecule has 1 aromatic rings. The lowest BCUT2D eigenvalue weighted by Crippen LogP contribution is -2.36. The van der Waals surface area contributed by atoms with Gasteiger partial charge in [-0.3, -0.25) is 4.79 Å². The van der Waals surface area contributed by atoms with E-state index in [1.54, 1.807) is 12.0 Å². The summed E-state index contributed by atoms with van der Waals surface area (Å²) in [4.78, 5) is 13.6. The Bertz CT molecular complexity index is 396. The van der Waals surface area contributed by atoms with Gasteiger partial charge in [-0.05, 0) is 24.1 Å². The second kappa shape index (κ2) is 8.50. The number of aryl methyl sites for hydroxylation is 1. The molecule has 1 aromatic carbocycles. The monoisotopic (exact) mass is 266 g/mol. The van der Waals surface area contributed by atoms with Crippen LogP contribution in [-0.4, -0.2) is 49.3 Å². The number of rotatable bonds is 8. The van der Waals surface area contributed by atoms with Crippen molar-refractivity contribution in [2.75, 3.05) is 39.1 Å². The first kappa shape index (κ1) is 15.5. The van der Waals surface area contributed by atoms with E-state index in [4.69, 9.17) is 15.6 Å². The summed E-state index contributed by atoms with van der Waals surface area (Å²) >= 11 is 0. The number of nitrogens with zero attached hydrogens (tertiary/aromatic N) is 1. The number of nitrogens with two attached hydrogens (primary N) is 1. The van der Waals surface area contributed by atoms with Crippen molar-refractivity contribution < 1.29 is 14.6 Å². The number of ether oxygens (including phenoxy) is 1. The predicted octanol–water partition coefficient (Wildman–Crippen LogP) is 0.669. The summed E-state index contributed by atoms with van der Waals surface area (Å²) in [6.45, 7) is 1.30. The number of carbonyl (C=O) groups is 1. The zero-order valence-corrected chi connectivity index (χ0v) is 11.3. The predicted molar refractivity (Wildman–Crippen MR) is 74.7 cm³/mol. The summed E-state index contributed by atoms with van der Waals surface area (Å²) in [5, 5.41) is 8.96. The highest BCUT2D eigenvalue weighted by Crippen LogP contribution is 2.09. The maximum atomic E-state index is 12.0. The van der Waals surface area contributed by atoms with E-state index in [-0.39, 0.29) is 12.5 Å². The van der Waals surface area contributed by atoms with Gasteiger partial charge in [0, 0.05) is 32.3 Å². The highest BCUT2D eigenvalue weighted by Gasteiger charge is 2.12. The number of aliphatic hydroxyl groups is 1. The number of hydrogen-bond acceptors (Lipinski definition) is 4. The molecule has 0 fully saturated rings. The van der Waals surface area contributed by atoms with Crippen molar-refractivity contribution in [2.45, 2.75) is 12.8 Å². The van der Waals surface area contributed by atoms with Gasteiger partial charge in [0.25, 0.3) is 0 Å². The molecule has 0 saturated heterocycles. The molecule has 0 aliphatic rings. The van der Waals surface area contributed by atoms with Crippen molar-refractivity contribution in [3.05, 3.63) is 29.8 Å². The third-order valence-corrected chi connectivity index (χ3v) is 2.87. The zero-order chi connectivity index (χ0) is 14.1. The molecule has 1 amide bonds. The molecule has 0 atom stereocenters. The molecule has 0 unspecified atom stereocenters. The Balaban J connectivity index is 2.47. The first-order valence-electron chi connectivity index (χ1n) is 6.39. The number of amides is 1. The van der Waals surface area contributed by atoms with Crippen LogP contribution in [0.4, 0.5) is 5.69 Å². The van der Waals surface area contributed by atoms with Crippen LogP contribution in [0.25, 0.3) is 0 Å². The van der Waals surface area contributed by atoms with Crippen LogP contribution in [0.3, 0.4) is 0 Å². The lowest BCUT2D eigenvalue weighted by Gasteiger charge is -2.21. The summed E-state index contributed by atoms with van der Waals surface area (Å²) in [5.74, 6) is 0.0218. The first-order valence-corrected chi connectivity index (χ1v) is 6.39. The Morgan fingerprint density at radius 3 is 2.84 bits per heavy atom. The van der Waals surface area contributed by atoms with Crippen molar-refractivity contribution in [3.8, 4) is 0 Å². The molecule has 0 bridgehead atoms. The number of anilines is 1. The lowest BCUT2D eigenvalue weighted by atomic mass is 10.1. The minimum Gasteiger partial charge on any atom is -0.399 e. The standard InChI is InChI=1S/C14H22N2O3/c1-19-10-8-16(7-9-17)14(18)6-5-12-3-2-4-13(15)11-12/h2-4,11,17H,5-10,15H2,1H3. The van der Waals surface area contributed by atoms with E-state index in [9.17, 15) is 4.79 Å². The van der Waals surface area contributed by atoms with E-state index in [2.05, 4.69) is 0 Å². The fourth-order valence-corrected chi connectivity index (χ4v) is 1.84. The Hall–Kier alpha value is -1.59. The van der Waals surface area contributed by atoms with E-state index < -0.39 is 0 Å². The van der Waals surface area contributed by atoms with Crippen molar-refractivity contribution in [1.82, 2.24) is 4.90 Å². The maximum Gasteiger partial charge on any atom is 0.223 e. The highest BCUT2D eigenvalue weighted by atomic mass is 16.5. The molecule has 0 heterocycles. The molecule has 0 aromatic heterocycles. The summed E-state index contributed by atoms with van der Waals surface area (Å²) in [6, 6.07) is 7.53. The van der Waals surface area contributed by atoms with Crippen molar-refractivity contribution in [3.63, 3.8) is 0 Å². The summed E-state index contributed by atoms with van der Waals surface area (Å²) in [6.07, 6.45) is 1.06. The van der Waals surface area contributed by atoms with Crippen molar-refractivity contribution >= 4 is 11.6 Å². The lowest BCUT2D eigenvalue weighted by molar-refractivity contribution is -0.132. The van der Waals surface area contributed by atoms with Crippen LogP contribution in [0.15, 0.2) is 24.3 Å². The minimum absolute atomic E-state index is 0.0218. The average Bonchev–Trinajstić information content (AvgIpc) is 2.41. The van der Waals surface area contributed by atoms with E-state index in [1.165, 1.54) is 0 Å². The fraction of sp³-hybridized carbons (Fsp3) is 0.500. The van der Waals surface area contributed by atoms with Crippen LogP contribution in [0.2, 0.25) is 0 Å². The molecule has 5 heteroatoms. The largest absolute Gasteiger partial charge is 0.399 e. The van der Waals surface area contributed by atoms with E-state index in [1.807, 2.05) is 24.3 Å². The van der Waals surface area contributed by atoms with Crippen LogP contribution in [0.1, 0.15) is 12.0 Å². The molecule has 106 valence electrons. The average molecular weight is 266 g/mol. The number of benzene rings is 1. The molecular weight excluding hydrogens is 244 g/mol. The van der Waals surface area contributed by atoms with Gasteiger partial charge >= 0.3 is 0 Å². The molecule has 0 aliphatic heterocycles. The molecule has 19 heavy (non-hydrogen) atoms. The smallest absolute Gasteiger partial charge is 0.223 e. The number of nitrogen functional groups attached to an aromatic ring is 1. The number of carbonyl (C=O) groups excluding carboxylic acids is 1. The molecular formula is C14H22N2O3. The van der Waals surface area contributed by atoms with E-state index >= 15 is 0 Å². The molecule has 3 N–H and O–H groups in total. The van der Waals surface area contributed by atoms with Gasteiger partial charge < -0.3 is 20.5 Å². The second-order valence-corrected chi connectivity index (χ2v) is 4.34. The van der Waals surface area contributed by atoms with Crippen LogP contribution < -0.4 is 5.73 Å². The third kappa shape index (κ3) is 5.72. The zero-order valence-electron chi connectivity index (χ0n) is 11.3. The second-order valence-electron chi connectivity index (χ2n) is 4.34. The maximum absolute atomic E-state index is 12.0. The fourth-order valence-electron chi connectivity index (χ4n) is 1.84. The Labute approximate surface area is 114 Å². The number of aliphatic hydroxyl groups excluding tert-OH is 1. The quantitative estimate of drug-likeness (QED) is 0.678. The molecule has 0 saturated carbocycles. The molecule has 0 radical (unpaired) electrons. The van der Waals surface area contributed by atoms with Crippen molar-refractivity contribution in [1.29, 1.82) is 0 Å². The van der Waals surface area contributed by atoms with Gasteiger partial charge in [-0.1, -0.05) is 12.1 Å². The Morgan fingerprint density at radius 1 is 1.42 bits per heavy atom. The minimum atomic E-state index is -0.0340. The van der Waals surface area contributed by atoms with Crippen LogP contribution >= 0.6 is 0 Å². The summed E-state index contributed by atoms with van der Waals surface area (Å²) in [7, 11) is 1.59. The summed E-state index contributed by atoms with van der Waals surface area (Å²) in [5.41, 5.74) is 7.44. The topological polar surface area (TPSA) is 75.8 Å². The first-order chi connectivity index (χ1) is 9.17. The van der Waals surface area contributed by atoms with Gasteiger partial charge in [0.1, 0.15) is 0 Å². The van der Waals surface area contributed by atoms with Crippen LogP contribution in [0.5, 0.6) is 0 Å². The van der Waals surface area contributed by atoms with Gasteiger partial charge in [-0.25, -0.2) is 0 Å².